The van der Waals surface area contributed by atoms with Crippen molar-refractivity contribution in [3.8, 4) is 73.6 Å². The zero-order valence-electron chi connectivity index (χ0n) is 28.3. The highest BCUT2D eigenvalue weighted by molar-refractivity contribution is 5.92. The minimum absolute atomic E-state index is 0.183. The molecule has 1 aliphatic carbocycles. The maximum Gasteiger partial charge on any atom is 0.164 e. The molecule has 0 atom stereocenters. The van der Waals surface area contributed by atoms with Crippen LogP contribution in [0.3, 0.4) is 0 Å². The molecule has 0 saturated heterocycles. The first-order chi connectivity index (χ1) is 24.9. The fraction of sp³-hybridized carbons (Fsp3) is 0.0638. The van der Waals surface area contributed by atoms with Crippen LogP contribution in [0.25, 0.3) is 78.3 Å². The van der Waals surface area contributed by atoms with Gasteiger partial charge in [-0.15, -0.1) is 0 Å². The molecule has 0 amide bonds. The molecule has 0 aliphatic heterocycles. The molecule has 4 heteroatoms. The average molecular weight is 653 g/mol. The molecule has 0 fully saturated rings. The first kappa shape index (κ1) is 30.4. The topological polar surface area (TPSA) is 62.5 Å². The molecule has 0 N–H and O–H groups in total. The summed E-state index contributed by atoms with van der Waals surface area (Å²) in [6.07, 6.45) is 0. The molecule has 0 saturated carbocycles. The zero-order valence-corrected chi connectivity index (χ0v) is 28.3. The maximum atomic E-state index is 9.52. The van der Waals surface area contributed by atoms with Gasteiger partial charge in [0.1, 0.15) is 0 Å². The van der Waals surface area contributed by atoms with Crippen molar-refractivity contribution in [2.75, 3.05) is 0 Å². The van der Waals surface area contributed by atoms with Gasteiger partial charge in [0.2, 0.25) is 0 Å². The SMILES string of the molecule is CC1(C)c2cc(C#N)ccc2-c2ccc(-c3ccc4ccc(-c5ccc(-c6nc(-c7ccccc7)nc(-c7ccccc7)n6)cc5)cc4c3)cc21. The number of hydrogen-bond acceptors (Lipinski definition) is 4. The number of rotatable bonds is 5. The van der Waals surface area contributed by atoms with Gasteiger partial charge in [-0.25, -0.2) is 15.0 Å². The standard InChI is InChI=1S/C47H32N4/c1-47(2)42-25-30(29-48)13-23-40(42)41-24-22-38(28-43(41)47)37-21-17-32-16-20-36(26-39(32)27-37)31-14-18-35(19-15-31)46-50-44(33-9-5-3-6-10-33)49-45(51-46)34-11-7-4-8-12-34/h3-28H,1-2H3. The van der Waals surface area contributed by atoms with Gasteiger partial charge in [-0.2, -0.15) is 5.26 Å². The summed E-state index contributed by atoms with van der Waals surface area (Å²) in [6.45, 7) is 4.51. The number of aromatic nitrogens is 3. The molecule has 8 aromatic rings. The van der Waals surface area contributed by atoms with E-state index in [9.17, 15) is 5.26 Å². The Bertz CT molecular complexity index is 2600. The van der Waals surface area contributed by atoms with Gasteiger partial charge < -0.3 is 0 Å². The second kappa shape index (κ2) is 12.0. The van der Waals surface area contributed by atoms with E-state index in [4.69, 9.17) is 15.0 Å². The molecule has 0 bridgehead atoms. The van der Waals surface area contributed by atoms with Crippen molar-refractivity contribution in [2.45, 2.75) is 19.3 Å². The number of nitrogens with zero attached hydrogens (tertiary/aromatic N) is 4. The van der Waals surface area contributed by atoms with E-state index in [1.807, 2.05) is 72.8 Å². The lowest BCUT2D eigenvalue weighted by atomic mass is 9.81. The van der Waals surface area contributed by atoms with E-state index in [1.165, 1.54) is 44.2 Å². The summed E-state index contributed by atoms with van der Waals surface area (Å²) < 4.78 is 0. The molecule has 1 aromatic heterocycles. The Kier molecular flexibility index (Phi) is 7.15. The van der Waals surface area contributed by atoms with Crippen LogP contribution in [0.5, 0.6) is 0 Å². The normalized spacial score (nSPS) is 12.6. The third-order valence-corrected chi connectivity index (χ3v) is 10.2. The lowest BCUT2D eigenvalue weighted by Crippen LogP contribution is -2.15. The summed E-state index contributed by atoms with van der Waals surface area (Å²) in [5, 5.41) is 11.9. The highest BCUT2D eigenvalue weighted by atomic mass is 15.0. The van der Waals surface area contributed by atoms with E-state index < -0.39 is 0 Å². The monoisotopic (exact) mass is 652 g/mol. The minimum atomic E-state index is -0.183. The molecule has 1 heterocycles. The van der Waals surface area contributed by atoms with Crippen LogP contribution >= 0.6 is 0 Å². The molecule has 1 aliphatic rings. The number of nitriles is 1. The van der Waals surface area contributed by atoms with Gasteiger partial charge in [-0.05, 0) is 85.6 Å². The summed E-state index contributed by atoms with van der Waals surface area (Å²) in [6, 6.07) is 57.1. The third-order valence-electron chi connectivity index (χ3n) is 10.2. The molecule has 51 heavy (non-hydrogen) atoms. The summed E-state index contributed by atoms with van der Waals surface area (Å²) in [5.74, 6) is 1.94. The first-order valence-corrected chi connectivity index (χ1v) is 17.2. The van der Waals surface area contributed by atoms with E-state index in [-0.39, 0.29) is 5.41 Å². The van der Waals surface area contributed by atoms with Crippen LogP contribution in [0.15, 0.2) is 158 Å². The maximum absolute atomic E-state index is 9.52. The smallest absolute Gasteiger partial charge is 0.164 e. The van der Waals surface area contributed by atoms with Crippen LogP contribution in [-0.2, 0) is 5.41 Å². The van der Waals surface area contributed by atoms with Gasteiger partial charge in [-0.3, -0.25) is 0 Å². The molecule has 0 radical (unpaired) electrons. The van der Waals surface area contributed by atoms with E-state index in [0.717, 1.165) is 27.8 Å². The predicted molar refractivity (Wildman–Crippen MR) is 207 cm³/mol. The van der Waals surface area contributed by atoms with E-state index in [0.29, 0.717) is 23.0 Å². The van der Waals surface area contributed by atoms with E-state index in [1.54, 1.807) is 0 Å². The van der Waals surface area contributed by atoms with Crippen molar-refractivity contribution >= 4 is 10.8 Å². The lowest BCUT2D eigenvalue weighted by molar-refractivity contribution is 0.660. The predicted octanol–water partition coefficient (Wildman–Crippen LogP) is 11.5. The minimum Gasteiger partial charge on any atom is -0.208 e. The number of fused-ring (bicyclic) bond motifs is 4. The Hall–Kier alpha value is -6.70. The zero-order chi connectivity index (χ0) is 34.5. The molecule has 0 spiro atoms. The lowest BCUT2D eigenvalue weighted by Gasteiger charge is -2.22. The second-order valence-electron chi connectivity index (χ2n) is 13.6. The Morgan fingerprint density at radius 2 is 0.843 bits per heavy atom. The van der Waals surface area contributed by atoms with Crippen LogP contribution < -0.4 is 0 Å². The van der Waals surface area contributed by atoms with Crippen LogP contribution in [0.4, 0.5) is 0 Å². The molecule has 4 nitrogen and oxygen atoms in total. The van der Waals surface area contributed by atoms with Gasteiger partial charge in [0.25, 0.3) is 0 Å². The highest BCUT2D eigenvalue weighted by Crippen LogP contribution is 2.50. The Labute approximate surface area is 297 Å². The van der Waals surface area contributed by atoms with E-state index in [2.05, 4.69) is 105 Å². The molecule has 240 valence electrons. The average Bonchev–Trinajstić information content (AvgIpc) is 3.42. The first-order valence-electron chi connectivity index (χ1n) is 17.2. The summed E-state index contributed by atoms with van der Waals surface area (Å²) in [4.78, 5) is 14.6. The third kappa shape index (κ3) is 5.37. The summed E-state index contributed by atoms with van der Waals surface area (Å²) in [5.41, 5.74) is 13.0. The Morgan fingerprint density at radius 3 is 1.41 bits per heavy atom. The highest BCUT2D eigenvalue weighted by Gasteiger charge is 2.35. The Balaban J connectivity index is 1.04. The van der Waals surface area contributed by atoms with Crippen LogP contribution in [0.1, 0.15) is 30.5 Å². The number of benzene rings is 7. The van der Waals surface area contributed by atoms with Crippen LogP contribution in [-0.4, -0.2) is 15.0 Å². The second-order valence-corrected chi connectivity index (χ2v) is 13.6. The molecule has 9 rings (SSSR count). The number of hydrogen-bond donors (Lipinski definition) is 0. The van der Waals surface area contributed by atoms with Crippen LogP contribution in [0.2, 0.25) is 0 Å². The van der Waals surface area contributed by atoms with Crippen molar-refractivity contribution in [3.05, 3.63) is 174 Å². The van der Waals surface area contributed by atoms with E-state index >= 15 is 0 Å². The fourth-order valence-electron chi connectivity index (χ4n) is 7.34. The van der Waals surface area contributed by atoms with Crippen molar-refractivity contribution in [2.24, 2.45) is 0 Å². The Morgan fingerprint density at radius 1 is 0.412 bits per heavy atom. The molecule has 7 aromatic carbocycles. The summed E-state index contributed by atoms with van der Waals surface area (Å²) >= 11 is 0. The van der Waals surface area contributed by atoms with Crippen molar-refractivity contribution in [3.63, 3.8) is 0 Å². The fourth-order valence-corrected chi connectivity index (χ4v) is 7.34. The van der Waals surface area contributed by atoms with Crippen molar-refractivity contribution in [1.29, 1.82) is 5.26 Å². The van der Waals surface area contributed by atoms with Crippen LogP contribution in [0, 0.1) is 11.3 Å². The summed E-state index contributed by atoms with van der Waals surface area (Å²) in [7, 11) is 0. The molecular weight excluding hydrogens is 621 g/mol. The molecular formula is C47H32N4. The van der Waals surface area contributed by atoms with Gasteiger partial charge in [0, 0.05) is 22.1 Å². The van der Waals surface area contributed by atoms with Gasteiger partial charge >= 0.3 is 0 Å². The van der Waals surface area contributed by atoms with Crippen molar-refractivity contribution < 1.29 is 0 Å². The quantitative estimate of drug-likeness (QED) is 0.186. The van der Waals surface area contributed by atoms with Crippen molar-refractivity contribution in [1.82, 2.24) is 15.0 Å². The van der Waals surface area contributed by atoms with Gasteiger partial charge in [0.05, 0.1) is 11.6 Å². The van der Waals surface area contributed by atoms with Gasteiger partial charge in [-0.1, -0.05) is 141 Å². The van der Waals surface area contributed by atoms with Gasteiger partial charge in [0.15, 0.2) is 17.5 Å². The largest absolute Gasteiger partial charge is 0.208 e. The molecule has 0 unspecified atom stereocenters.